The lowest BCUT2D eigenvalue weighted by molar-refractivity contribution is -0.129. The Morgan fingerprint density at radius 2 is 2.04 bits per heavy atom. The highest BCUT2D eigenvalue weighted by atomic mass is 16.2. The van der Waals surface area contributed by atoms with Crippen molar-refractivity contribution < 1.29 is 9.59 Å². The van der Waals surface area contributed by atoms with Crippen molar-refractivity contribution in [2.75, 3.05) is 6.54 Å². The minimum absolute atomic E-state index is 0.0114. The Hall–Kier alpha value is -2.64. The number of aromatic nitrogens is 4. The van der Waals surface area contributed by atoms with E-state index in [9.17, 15) is 9.59 Å². The molecule has 0 saturated carbocycles. The molecule has 0 unspecified atom stereocenters. The highest BCUT2D eigenvalue weighted by Crippen LogP contribution is 2.39. The van der Waals surface area contributed by atoms with Gasteiger partial charge in [-0.3, -0.25) is 19.0 Å². The van der Waals surface area contributed by atoms with Crippen molar-refractivity contribution in [2.45, 2.75) is 39.8 Å². The average molecular weight is 358 g/mol. The fourth-order valence-electron chi connectivity index (χ4n) is 3.73. The van der Waals surface area contributed by atoms with Gasteiger partial charge in [0, 0.05) is 38.3 Å². The van der Waals surface area contributed by atoms with Gasteiger partial charge < -0.3 is 10.2 Å². The van der Waals surface area contributed by atoms with E-state index in [0.717, 1.165) is 22.6 Å². The third-order valence-corrected chi connectivity index (χ3v) is 5.24. The van der Waals surface area contributed by atoms with Gasteiger partial charge in [-0.05, 0) is 26.8 Å². The van der Waals surface area contributed by atoms with Gasteiger partial charge in [0.1, 0.15) is 0 Å². The van der Waals surface area contributed by atoms with Crippen molar-refractivity contribution in [3.05, 3.63) is 34.9 Å². The number of nitrogens with zero attached hydrogens (tertiary/aromatic N) is 5. The van der Waals surface area contributed by atoms with E-state index in [0.29, 0.717) is 13.1 Å². The summed E-state index contributed by atoms with van der Waals surface area (Å²) in [5, 5.41) is 11.6. The van der Waals surface area contributed by atoms with Crippen molar-refractivity contribution in [2.24, 2.45) is 20.0 Å². The third-order valence-electron chi connectivity index (χ3n) is 5.24. The van der Waals surface area contributed by atoms with Crippen LogP contribution in [0.1, 0.15) is 42.0 Å². The summed E-state index contributed by atoms with van der Waals surface area (Å²) < 4.78 is 3.54. The lowest BCUT2D eigenvalue weighted by Gasteiger charge is -2.26. The quantitative estimate of drug-likeness (QED) is 0.864. The number of hydrogen-bond donors (Lipinski definition) is 1. The maximum atomic E-state index is 12.9. The summed E-state index contributed by atoms with van der Waals surface area (Å²) in [6.45, 7) is 6.79. The van der Waals surface area contributed by atoms with E-state index < -0.39 is 5.92 Å². The predicted molar refractivity (Wildman–Crippen MR) is 96.0 cm³/mol. The standard InChI is InChI=1S/C18H26N6O2/c1-6-24-16(25)8-14(17(24)15-10-20-22(4)12(15)3)18(26)19-9-13-7-11(2)21-23(13)5/h7,10,14,17H,6,8-9H2,1-5H3,(H,19,26)/t14-,17-/m0/s1. The van der Waals surface area contributed by atoms with E-state index in [-0.39, 0.29) is 24.3 Å². The minimum Gasteiger partial charge on any atom is -0.350 e. The molecule has 1 fully saturated rings. The zero-order chi connectivity index (χ0) is 19.0. The first-order valence-electron chi connectivity index (χ1n) is 8.88. The van der Waals surface area contributed by atoms with Crippen molar-refractivity contribution >= 4 is 11.8 Å². The van der Waals surface area contributed by atoms with Gasteiger partial charge >= 0.3 is 0 Å². The number of carbonyl (C=O) groups is 2. The molecular weight excluding hydrogens is 332 g/mol. The van der Waals surface area contributed by atoms with Gasteiger partial charge in [0.05, 0.1) is 36.1 Å². The summed E-state index contributed by atoms with van der Waals surface area (Å²) in [5.41, 5.74) is 3.76. The molecule has 8 nitrogen and oxygen atoms in total. The molecular formula is C18H26N6O2. The average Bonchev–Trinajstić information content (AvgIpc) is 3.21. The summed E-state index contributed by atoms with van der Waals surface area (Å²) in [6.07, 6.45) is 2.00. The molecule has 140 valence electrons. The van der Waals surface area contributed by atoms with Crippen LogP contribution in [0, 0.1) is 19.8 Å². The van der Waals surface area contributed by atoms with Crippen LogP contribution in [0.3, 0.4) is 0 Å². The number of rotatable bonds is 5. The van der Waals surface area contributed by atoms with Crippen LogP contribution in [-0.4, -0.2) is 42.8 Å². The number of hydrogen-bond acceptors (Lipinski definition) is 4. The maximum absolute atomic E-state index is 12.9. The Morgan fingerprint density at radius 1 is 1.31 bits per heavy atom. The van der Waals surface area contributed by atoms with Crippen LogP contribution in [0.5, 0.6) is 0 Å². The lowest BCUT2D eigenvalue weighted by Crippen LogP contribution is -2.35. The Balaban J connectivity index is 1.82. The molecule has 2 atom stereocenters. The van der Waals surface area contributed by atoms with Crippen LogP contribution in [0.15, 0.2) is 12.3 Å². The maximum Gasteiger partial charge on any atom is 0.226 e. The van der Waals surface area contributed by atoms with Crippen molar-refractivity contribution in [3.63, 3.8) is 0 Å². The van der Waals surface area contributed by atoms with E-state index in [2.05, 4.69) is 15.5 Å². The van der Waals surface area contributed by atoms with Gasteiger partial charge in [0.15, 0.2) is 0 Å². The molecule has 0 aromatic carbocycles. The monoisotopic (exact) mass is 358 g/mol. The molecule has 3 heterocycles. The van der Waals surface area contributed by atoms with E-state index in [1.165, 1.54) is 0 Å². The number of amides is 2. The summed E-state index contributed by atoms with van der Waals surface area (Å²) in [4.78, 5) is 27.1. The second-order valence-corrected chi connectivity index (χ2v) is 6.86. The van der Waals surface area contributed by atoms with Crippen LogP contribution in [0.2, 0.25) is 0 Å². The lowest BCUT2D eigenvalue weighted by atomic mass is 9.93. The van der Waals surface area contributed by atoms with Crippen LogP contribution < -0.4 is 5.32 Å². The number of likely N-dealkylation sites (tertiary alicyclic amines) is 1. The Labute approximate surface area is 153 Å². The molecule has 0 aliphatic carbocycles. The largest absolute Gasteiger partial charge is 0.350 e. The summed E-state index contributed by atoms with van der Waals surface area (Å²) in [5.74, 6) is -0.515. The molecule has 0 radical (unpaired) electrons. The van der Waals surface area contributed by atoms with Gasteiger partial charge in [-0.2, -0.15) is 10.2 Å². The number of nitrogens with one attached hydrogen (secondary N) is 1. The Morgan fingerprint density at radius 3 is 2.58 bits per heavy atom. The van der Waals surface area contributed by atoms with Gasteiger partial charge in [0.2, 0.25) is 11.8 Å². The molecule has 8 heteroatoms. The zero-order valence-electron chi connectivity index (χ0n) is 16.0. The Kier molecular flexibility index (Phi) is 4.84. The molecule has 2 aromatic heterocycles. The molecule has 2 amide bonds. The normalized spacial score (nSPS) is 20.0. The molecule has 1 N–H and O–H groups in total. The number of aryl methyl sites for hydroxylation is 3. The van der Waals surface area contributed by atoms with Crippen LogP contribution in [-0.2, 0) is 30.2 Å². The second-order valence-electron chi connectivity index (χ2n) is 6.86. The molecule has 0 spiro atoms. The van der Waals surface area contributed by atoms with Gasteiger partial charge in [0.25, 0.3) is 0 Å². The first-order valence-corrected chi connectivity index (χ1v) is 8.88. The SMILES string of the molecule is CCN1C(=O)C[C@H](C(=O)NCc2cc(C)nn2C)[C@H]1c1cnn(C)c1C. The molecule has 26 heavy (non-hydrogen) atoms. The van der Waals surface area contributed by atoms with E-state index in [1.54, 1.807) is 20.5 Å². The van der Waals surface area contributed by atoms with Crippen LogP contribution in [0.4, 0.5) is 0 Å². The third kappa shape index (κ3) is 3.11. The zero-order valence-corrected chi connectivity index (χ0v) is 16.0. The van der Waals surface area contributed by atoms with Crippen molar-refractivity contribution in [3.8, 4) is 0 Å². The predicted octanol–water partition coefficient (Wildman–Crippen LogP) is 0.996. The smallest absolute Gasteiger partial charge is 0.226 e. The highest BCUT2D eigenvalue weighted by molar-refractivity contribution is 5.90. The molecule has 1 aliphatic rings. The first-order chi connectivity index (χ1) is 12.3. The summed E-state index contributed by atoms with van der Waals surface area (Å²) in [7, 11) is 3.72. The molecule has 1 saturated heterocycles. The summed E-state index contributed by atoms with van der Waals surface area (Å²) in [6, 6.07) is 1.68. The first kappa shape index (κ1) is 18.2. The second kappa shape index (κ2) is 6.93. The molecule has 0 bridgehead atoms. The highest BCUT2D eigenvalue weighted by Gasteiger charge is 2.44. The van der Waals surface area contributed by atoms with E-state index in [1.807, 2.05) is 40.9 Å². The minimum atomic E-state index is -0.417. The van der Waals surface area contributed by atoms with Crippen molar-refractivity contribution in [1.29, 1.82) is 0 Å². The fraction of sp³-hybridized carbons (Fsp3) is 0.556. The van der Waals surface area contributed by atoms with E-state index >= 15 is 0 Å². The van der Waals surface area contributed by atoms with Crippen LogP contribution in [0.25, 0.3) is 0 Å². The Bertz CT molecular complexity index is 837. The van der Waals surface area contributed by atoms with E-state index in [4.69, 9.17) is 0 Å². The topological polar surface area (TPSA) is 85.1 Å². The van der Waals surface area contributed by atoms with Gasteiger partial charge in [-0.1, -0.05) is 0 Å². The number of carbonyl (C=O) groups excluding carboxylic acids is 2. The fourth-order valence-corrected chi connectivity index (χ4v) is 3.73. The molecule has 3 rings (SSSR count). The van der Waals surface area contributed by atoms with Gasteiger partial charge in [-0.15, -0.1) is 0 Å². The molecule has 1 aliphatic heterocycles. The van der Waals surface area contributed by atoms with Crippen molar-refractivity contribution in [1.82, 2.24) is 29.8 Å². The molecule has 2 aromatic rings. The van der Waals surface area contributed by atoms with Crippen LogP contribution >= 0.6 is 0 Å². The van der Waals surface area contributed by atoms with Gasteiger partial charge in [-0.25, -0.2) is 0 Å². The summed E-state index contributed by atoms with van der Waals surface area (Å²) >= 11 is 0.